The lowest BCUT2D eigenvalue weighted by Gasteiger charge is -2.24. The third kappa shape index (κ3) is 3.50. The van der Waals surface area contributed by atoms with Gasteiger partial charge in [-0.1, -0.05) is 0 Å². The molecule has 0 aromatic carbocycles. The first-order chi connectivity index (χ1) is 10.6. The normalized spacial score (nSPS) is 24.2. The summed E-state index contributed by atoms with van der Waals surface area (Å²) in [5, 5.41) is 11.5. The average molecular weight is 327 g/mol. The summed E-state index contributed by atoms with van der Waals surface area (Å²) < 4.78 is 0. The highest BCUT2D eigenvalue weighted by Gasteiger charge is 2.34. The Bertz CT molecular complexity index is 505. The van der Waals surface area contributed by atoms with Crippen LogP contribution >= 0.6 is 11.6 Å². The molecule has 0 aliphatic carbocycles. The van der Waals surface area contributed by atoms with Crippen LogP contribution in [0, 0.1) is 11.3 Å². The molecule has 8 heteroatoms. The molecule has 2 atom stereocenters. The second-order valence-electron chi connectivity index (χ2n) is 5.47. The quantitative estimate of drug-likeness (QED) is 0.727. The van der Waals surface area contributed by atoms with Crippen LogP contribution in [0.1, 0.15) is 25.7 Å². The van der Waals surface area contributed by atoms with Gasteiger partial charge in [-0.05, 0) is 25.7 Å². The number of alkyl halides is 1. The fraction of sp³-hybridized carbons (Fsp3) is 0.714. The Kier molecular flexibility index (Phi) is 5.61. The van der Waals surface area contributed by atoms with E-state index in [9.17, 15) is 14.4 Å². The predicted molar refractivity (Wildman–Crippen MR) is 78.8 cm³/mol. The molecule has 0 bridgehead atoms. The average Bonchev–Trinajstić information content (AvgIpc) is 3.19. The maximum Gasteiger partial charge on any atom is 0.243 e. The molecule has 2 fully saturated rings. The van der Waals surface area contributed by atoms with Gasteiger partial charge >= 0.3 is 0 Å². The Morgan fingerprint density at radius 3 is 2.50 bits per heavy atom. The number of carbonyl (C=O) groups is 3. The van der Waals surface area contributed by atoms with E-state index in [2.05, 4.69) is 11.4 Å². The molecule has 2 rings (SSSR count). The first kappa shape index (κ1) is 16.6. The summed E-state index contributed by atoms with van der Waals surface area (Å²) in [5.74, 6) is -1.02. The molecule has 0 saturated carbocycles. The molecular weight excluding hydrogens is 308 g/mol. The number of hydrogen-bond donors (Lipinski definition) is 1. The largest absolute Gasteiger partial charge is 0.345 e. The molecule has 2 aliphatic heterocycles. The first-order valence-electron chi connectivity index (χ1n) is 7.40. The zero-order valence-electron chi connectivity index (χ0n) is 12.3. The van der Waals surface area contributed by atoms with Gasteiger partial charge in [0.25, 0.3) is 0 Å². The summed E-state index contributed by atoms with van der Waals surface area (Å²) in [5.41, 5.74) is 0. The Balaban J connectivity index is 1.86. The van der Waals surface area contributed by atoms with Crippen molar-refractivity contribution in [2.24, 2.45) is 0 Å². The molecule has 2 saturated heterocycles. The standard InChI is InChI=1S/C14H19ClN4O3/c15-7-12(20)19-6-2-4-11(19)14(22)17-9-13(21)18-5-1-3-10(18)8-16/h10-11H,1-7,9H2,(H,17,22)/t10-,11-/m0/s1. The maximum absolute atomic E-state index is 12.2. The first-order valence-corrected chi connectivity index (χ1v) is 7.94. The van der Waals surface area contributed by atoms with Crippen molar-refractivity contribution in [3.63, 3.8) is 0 Å². The molecule has 0 aromatic heterocycles. The summed E-state index contributed by atoms with van der Waals surface area (Å²) in [7, 11) is 0. The van der Waals surface area contributed by atoms with Crippen LogP contribution in [0.15, 0.2) is 0 Å². The van der Waals surface area contributed by atoms with E-state index in [1.165, 1.54) is 9.80 Å². The third-order valence-electron chi connectivity index (χ3n) is 4.13. The summed E-state index contributed by atoms with van der Waals surface area (Å²) in [6, 6.07) is 1.14. The number of hydrogen-bond acceptors (Lipinski definition) is 4. The molecular formula is C14H19ClN4O3. The van der Waals surface area contributed by atoms with Gasteiger partial charge in [-0.25, -0.2) is 0 Å². The van der Waals surface area contributed by atoms with Gasteiger partial charge in [-0.2, -0.15) is 5.26 Å². The van der Waals surface area contributed by atoms with Crippen molar-refractivity contribution in [3.8, 4) is 6.07 Å². The maximum atomic E-state index is 12.2. The smallest absolute Gasteiger partial charge is 0.243 e. The summed E-state index contributed by atoms with van der Waals surface area (Å²) >= 11 is 5.53. The molecule has 0 unspecified atom stereocenters. The van der Waals surface area contributed by atoms with Crippen LogP contribution in [-0.4, -0.2) is 65.1 Å². The molecule has 0 spiro atoms. The van der Waals surface area contributed by atoms with E-state index in [4.69, 9.17) is 16.9 Å². The van der Waals surface area contributed by atoms with Crippen molar-refractivity contribution in [3.05, 3.63) is 0 Å². The van der Waals surface area contributed by atoms with Gasteiger partial charge in [0.1, 0.15) is 18.0 Å². The zero-order valence-corrected chi connectivity index (χ0v) is 13.0. The monoisotopic (exact) mass is 326 g/mol. The van der Waals surface area contributed by atoms with Gasteiger partial charge in [0.2, 0.25) is 17.7 Å². The summed E-state index contributed by atoms with van der Waals surface area (Å²) in [4.78, 5) is 38.8. The van der Waals surface area contributed by atoms with Crippen molar-refractivity contribution >= 4 is 29.3 Å². The molecule has 3 amide bonds. The van der Waals surface area contributed by atoms with E-state index in [0.717, 1.165) is 12.8 Å². The van der Waals surface area contributed by atoms with Crippen LogP contribution in [0.5, 0.6) is 0 Å². The molecule has 7 nitrogen and oxygen atoms in total. The third-order valence-corrected chi connectivity index (χ3v) is 4.35. The molecule has 2 aliphatic rings. The number of halogens is 1. The van der Waals surface area contributed by atoms with Crippen LogP contribution in [0.2, 0.25) is 0 Å². The van der Waals surface area contributed by atoms with Crippen LogP contribution in [0.3, 0.4) is 0 Å². The lowest BCUT2D eigenvalue weighted by atomic mass is 10.2. The van der Waals surface area contributed by atoms with E-state index in [1.54, 1.807) is 0 Å². The van der Waals surface area contributed by atoms with Crippen molar-refractivity contribution < 1.29 is 14.4 Å². The molecule has 1 N–H and O–H groups in total. The van der Waals surface area contributed by atoms with E-state index in [0.29, 0.717) is 25.9 Å². The topological polar surface area (TPSA) is 93.5 Å². The summed E-state index contributed by atoms with van der Waals surface area (Å²) in [6.07, 6.45) is 2.81. The second-order valence-corrected chi connectivity index (χ2v) is 5.74. The van der Waals surface area contributed by atoms with Crippen LogP contribution in [0.25, 0.3) is 0 Å². The van der Waals surface area contributed by atoms with Crippen molar-refractivity contribution in [2.45, 2.75) is 37.8 Å². The van der Waals surface area contributed by atoms with Gasteiger partial charge in [0, 0.05) is 13.1 Å². The second kappa shape index (κ2) is 7.45. The van der Waals surface area contributed by atoms with E-state index in [-0.39, 0.29) is 30.1 Å². The van der Waals surface area contributed by atoms with Crippen LogP contribution < -0.4 is 5.32 Å². The SMILES string of the molecule is N#C[C@@H]1CCCN1C(=O)CNC(=O)[C@@H]1CCCN1C(=O)CCl. The fourth-order valence-corrected chi connectivity index (χ4v) is 3.15. The molecule has 2 heterocycles. The Morgan fingerprint density at radius 1 is 1.14 bits per heavy atom. The minimum atomic E-state index is -0.551. The predicted octanol–water partition coefficient (Wildman–Crippen LogP) is -0.153. The van der Waals surface area contributed by atoms with Gasteiger partial charge in [-0.15, -0.1) is 11.6 Å². The highest BCUT2D eigenvalue weighted by molar-refractivity contribution is 6.27. The number of nitrogens with zero attached hydrogens (tertiary/aromatic N) is 3. The number of nitriles is 1. The van der Waals surface area contributed by atoms with Gasteiger partial charge in [0.15, 0.2) is 0 Å². The van der Waals surface area contributed by atoms with Crippen LogP contribution in [0.4, 0.5) is 0 Å². The number of carbonyl (C=O) groups excluding carboxylic acids is 3. The molecule has 120 valence electrons. The Hall–Kier alpha value is -1.81. The van der Waals surface area contributed by atoms with Crippen molar-refractivity contribution in [1.29, 1.82) is 5.26 Å². The fourth-order valence-electron chi connectivity index (χ4n) is 3.00. The molecule has 22 heavy (non-hydrogen) atoms. The Morgan fingerprint density at radius 2 is 1.82 bits per heavy atom. The van der Waals surface area contributed by atoms with Gasteiger partial charge < -0.3 is 15.1 Å². The van der Waals surface area contributed by atoms with Gasteiger partial charge in [0.05, 0.1) is 12.6 Å². The highest BCUT2D eigenvalue weighted by Crippen LogP contribution is 2.18. The number of amides is 3. The summed E-state index contributed by atoms with van der Waals surface area (Å²) in [6.45, 7) is 0.920. The Labute approximate surface area is 134 Å². The molecule has 0 radical (unpaired) electrons. The van der Waals surface area contributed by atoms with E-state index >= 15 is 0 Å². The number of nitrogens with one attached hydrogen (secondary N) is 1. The van der Waals surface area contributed by atoms with Gasteiger partial charge in [-0.3, -0.25) is 14.4 Å². The minimum Gasteiger partial charge on any atom is -0.345 e. The van der Waals surface area contributed by atoms with Crippen molar-refractivity contribution in [1.82, 2.24) is 15.1 Å². The lowest BCUT2D eigenvalue weighted by Crippen LogP contribution is -2.49. The highest BCUT2D eigenvalue weighted by atomic mass is 35.5. The lowest BCUT2D eigenvalue weighted by molar-refractivity contribution is -0.138. The molecule has 0 aromatic rings. The minimum absolute atomic E-state index is 0.142. The number of likely N-dealkylation sites (tertiary alicyclic amines) is 2. The van der Waals surface area contributed by atoms with E-state index < -0.39 is 12.1 Å². The zero-order chi connectivity index (χ0) is 16.1. The number of rotatable bonds is 4. The van der Waals surface area contributed by atoms with Crippen molar-refractivity contribution in [2.75, 3.05) is 25.5 Å². The van der Waals surface area contributed by atoms with Crippen LogP contribution in [-0.2, 0) is 14.4 Å². The van der Waals surface area contributed by atoms with E-state index in [1.807, 2.05) is 0 Å².